The summed E-state index contributed by atoms with van der Waals surface area (Å²) >= 11 is 0. The number of nitrogens with zero attached hydrogens (tertiary/aromatic N) is 2. The van der Waals surface area contributed by atoms with Crippen LogP contribution in [0.2, 0.25) is 0 Å². The fourth-order valence-electron chi connectivity index (χ4n) is 2.21. The third kappa shape index (κ3) is 2.94. The minimum atomic E-state index is -0.111. The molecule has 2 aromatic rings. The topological polar surface area (TPSA) is 57.8 Å². The standard InChI is InChI=1S/C15H17N3O/c1-11(7-8-16)17-15(19)10-18-12(2)9-13-5-3-4-6-14(13)18/h3-6,9,11H,7,10H2,1-2H3,(H,17,19)/t11-/m0/s1. The van der Waals surface area contributed by atoms with Crippen LogP contribution in [0.15, 0.2) is 30.3 Å². The number of aromatic nitrogens is 1. The lowest BCUT2D eigenvalue weighted by Crippen LogP contribution is -2.35. The largest absolute Gasteiger partial charge is 0.351 e. The van der Waals surface area contributed by atoms with Gasteiger partial charge in [-0.25, -0.2) is 0 Å². The maximum absolute atomic E-state index is 12.0. The molecule has 1 amide bonds. The van der Waals surface area contributed by atoms with Crippen LogP contribution in [0.3, 0.4) is 0 Å². The molecule has 0 bridgehead atoms. The van der Waals surface area contributed by atoms with Crippen LogP contribution in [-0.2, 0) is 11.3 Å². The molecule has 4 heteroatoms. The quantitative estimate of drug-likeness (QED) is 0.911. The first-order chi connectivity index (χ1) is 9.11. The number of hydrogen-bond acceptors (Lipinski definition) is 2. The second kappa shape index (κ2) is 5.57. The van der Waals surface area contributed by atoms with Gasteiger partial charge in [-0.3, -0.25) is 4.79 Å². The van der Waals surface area contributed by atoms with Gasteiger partial charge in [0, 0.05) is 17.3 Å². The van der Waals surface area contributed by atoms with Crippen molar-refractivity contribution in [1.29, 1.82) is 5.26 Å². The molecule has 0 saturated heterocycles. The van der Waals surface area contributed by atoms with Crippen LogP contribution >= 0.6 is 0 Å². The van der Waals surface area contributed by atoms with E-state index >= 15 is 0 Å². The lowest BCUT2D eigenvalue weighted by Gasteiger charge is -2.12. The number of nitriles is 1. The lowest BCUT2D eigenvalue weighted by atomic mass is 10.2. The molecule has 0 saturated carbocycles. The number of rotatable bonds is 4. The maximum atomic E-state index is 12.0. The van der Waals surface area contributed by atoms with Crippen LogP contribution in [0.5, 0.6) is 0 Å². The van der Waals surface area contributed by atoms with Crippen molar-refractivity contribution >= 4 is 16.8 Å². The van der Waals surface area contributed by atoms with E-state index in [1.807, 2.05) is 42.7 Å². The summed E-state index contributed by atoms with van der Waals surface area (Å²) in [5, 5.41) is 12.6. The average Bonchev–Trinajstić information content (AvgIpc) is 2.66. The van der Waals surface area contributed by atoms with Gasteiger partial charge >= 0.3 is 0 Å². The molecule has 1 heterocycles. The highest BCUT2D eigenvalue weighted by Gasteiger charge is 2.11. The van der Waals surface area contributed by atoms with E-state index in [0.29, 0.717) is 6.42 Å². The Morgan fingerprint density at radius 2 is 2.21 bits per heavy atom. The second-order valence-corrected chi connectivity index (χ2v) is 4.76. The van der Waals surface area contributed by atoms with E-state index in [1.54, 1.807) is 0 Å². The molecule has 0 unspecified atom stereocenters. The fourth-order valence-corrected chi connectivity index (χ4v) is 2.21. The molecular formula is C15H17N3O. The molecule has 0 radical (unpaired) electrons. The Labute approximate surface area is 112 Å². The summed E-state index contributed by atoms with van der Waals surface area (Å²) in [5.41, 5.74) is 2.12. The molecule has 1 atom stereocenters. The number of hydrogen-bond donors (Lipinski definition) is 1. The predicted molar refractivity (Wildman–Crippen MR) is 74.5 cm³/mol. The zero-order valence-electron chi connectivity index (χ0n) is 11.2. The average molecular weight is 255 g/mol. The van der Waals surface area contributed by atoms with Crippen molar-refractivity contribution in [3.05, 3.63) is 36.0 Å². The van der Waals surface area contributed by atoms with Crippen molar-refractivity contribution in [2.45, 2.75) is 32.9 Å². The molecule has 1 N–H and O–H groups in total. The number of benzene rings is 1. The number of aryl methyl sites for hydroxylation is 1. The smallest absolute Gasteiger partial charge is 0.240 e. The number of nitrogens with one attached hydrogen (secondary N) is 1. The molecule has 19 heavy (non-hydrogen) atoms. The van der Waals surface area contributed by atoms with Crippen molar-refractivity contribution in [3.8, 4) is 6.07 Å². The van der Waals surface area contributed by atoms with Gasteiger partial charge in [0.25, 0.3) is 0 Å². The van der Waals surface area contributed by atoms with E-state index in [2.05, 4.69) is 17.5 Å². The SMILES string of the molecule is Cc1cc2ccccc2n1CC(=O)N[C@@H](C)CC#N. The summed E-state index contributed by atoms with van der Waals surface area (Å²) < 4.78 is 1.99. The van der Waals surface area contributed by atoms with Crippen LogP contribution < -0.4 is 5.32 Å². The third-order valence-electron chi connectivity index (χ3n) is 3.12. The van der Waals surface area contributed by atoms with Gasteiger partial charge < -0.3 is 9.88 Å². The van der Waals surface area contributed by atoms with Crippen molar-refractivity contribution in [3.63, 3.8) is 0 Å². The Hall–Kier alpha value is -2.28. The molecule has 1 aromatic carbocycles. The summed E-state index contributed by atoms with van der Waals surface area (Å²) in [6.07, 6.45) is 0.331. The maximum Gasteiger partial charge on any atom is 0.240 e. The molecule has 0 aliphatic carbocycles. The highest BCUT2D eigenvalue weighted by atomic mass is 16.2. The minimum absolute atomic E-state index is 0.0628. The van der Waals surface area contributed by atoms with E-state index in [4.69, 9.17) is 5.26 Å². The van der Waals surface area contributed by atoms with Crippen LogP contribution in [0, 0.1) is 18.3 Å². The van der Waals surface area contributed by atoms with E-state index in [9.17, 15) is 4.79 Å². The Bertz CT molecular complexity index is 636. The first kappa shape index (κ1) is 13.2. The van der Waals surface area contributed by atoms with E-state index < -0.39 is 0 Å². The minimum Gasteiger partial charge on any atom is -0.351 e. The molecule has 1 aromatic heterocycles. The fraction of sp³-hybridized carbons (Fsp3) is 0.333. The highest BCUT2D eigenvalue weighted by Crippen LogP contribution is 2.18. The summed E-state index contributed by atoms with van der Waals surface area (Å²) in [7, 11) is 0. The summed E-state index contributed by atoms with van der Waals surface area (Å²) in [5.74, 6) is -0.0628. The van der Waals surface area contributed by atoms with E-state index in [0.717, 1.165) is 16.6 Å². The van der Waals surface area contributed by atoms with Crippen molar-refractivity contribution in [2.75, 3.05) is 0 Å². The normalized spacial score (nSPS) is 12.1. The Balaban J connectivity index is 2.15. The zero-order valence-corrected chi connectivity index (χ0v) is 11.2. The van der Waals surface area contributed by atoms with Gasteiger partial charge in [-0.1, -0.05) is 18.2 Å². The van der Waals surface area contributed by atoms with Crippen molar-refractivity contribution in [2.24, 2.45) is 0 Å². The van der Waals surface area contributed by atoms with Gasteiger partial charge in [-0.05, 0) is 31.4 Å². The number of carbonyl (C=O) groups is 1. The number of carbonyl (C=O) groups excluding carboxylic acids is 1. The van der Waals surface area contributed by atoms with Gasteiger partial charge in [-0.2, -0.15) is 5.26 Å². The van der Waals surface area contributed by atoms with Crippen LogP contribution in [0.25, 0.3) is 10.9 Å². The summed E-state index contributed by atoms with van der Waals surface area (Å²) in [6, 6.07) is 12.0. The number of fused-ring (bicyclic) bond motifs is 1. The lowest BCUT2D eigenvalue weighted by molar-refractivity contribution is -0.122. The van der Waals surface area contributed by atoms with Gasteiger partial charge in [0.05, 0.1) is 12.5 Å². The Morgan fingerprint density at radius 3 is 2.95 bits per heavy atom. The zero-order chi connectivity index (χ0) is 13.8. The van der Waals surface area contributed by atoms with Gasteiger partial charge in [0.2, 0.25) is 5.91 Å². The summed E-state index contributed by atoms with van der Waals surface area (Å²) in [4.78, 5) is 12.0. The van der Waals surface area contributed by atoms with Crippen LogP contribution in [0.4, 0.5) is 0 Å². The molecule has 0 aliphatic heterocycles. The number of amides is 1. The molecule has 0 aliphatic rings. The molecule has 0 spiro atoms. The monoisotopic (exact) mass is 255 g/mol. The molecule has 0 fully saturated rings. The van der Waals surface area contributed by atoms with Crippen molar-refractivity contribution < 1.29 is 4.79 Å². The molecular weight excluding hydrogens is 238 g/mol. The first-order valence-electron chi connectivity index (χ1n) is 6.33. The summed E-state index contributed by atoms with van der Waals surface area (Å²) in [6.45, 7) is 4.11. The van der Waals surface area contributed by atoms with Crippen molar-refractivity contribution in [1.82, 2.24) is 9.88 Å². The van der Waals surface area contributed by atoms with Crippen LogP contribution in [0.1, 0.15) is 19.0 Å². The molecule has 98 valence electrons. The molecule has 2 rings (SSSR count). The third-order valence-corrected chi connectivity index (χ3v) is 3.12. The highest BCUT2D eigenvalue weighted by molar-refractivity contribution is 5.84. The second-order valence-electron chi connectivity index (χ2n) is 4.76. The first-order valence-corrected chi connectivity index (χ1v) is 6.33. The predicted octanol–water partition coefficient (Wildman–Crippen LogP) is 2.37. The Morgan fingerprint density at radius 1 is 1.47 bits per heavy atom. The Kier molecular flexibility index (Phi) is 3.86. The molecule has 4 nitrogen and oxygen atoms in total. The van der Waals surface area contributed by atoms with Crippen LogP contribution in [-0.4, -0.2) is 16.5 Å². The van der Waals surface area contributed by atoms with E-state index in [-0.39, 0.29) is 18.5 Å². The van der Waals surface area contributed by atoms with Gasteiger partial charge in [-0.15, -0.1) is 0 Å². The van der Waals surface area contributed by atoms with E-state index in [1.165, 1.54) is 0 Å². The van der Waals surface area contributed by atoms with Gasteiger partial charge in [0.1, 0.15) is 6.54 Å². The number of para-hydroxylation sites is 1. The van der Waals surface area contributed by atoms with Gasteiger partial charge in [0.15, 0.2) is 0 Å².